The third kappa shape index (κ3) is 6.18. The van der Waals surface area contributed by atoms with E-state index in [1.54, 1.807) is 49.6 Å². The minimum atomic E-state index is -3.10. The number of sulfone groups is 1. The largest absolute Gasteiger partial charge is 0.497 e. The Kier molecular flexibility index (Phi) is 8.36. The molecule has 2 aliphatic heterocycles. The number of aryl methyl sites for hydroxylation is 2. The van der Waals surface area contributed by atoms with Gasteiger partial charge in [0.2, 0.25) is 0 Å². The quantitative estimate of drug-likeness (QED) is 0.189. The first-order chi connectivity index (χ1) is 23.9. The average Bonchev–Trinajstić information content (AvgIpc) is 3.69. The van der Waals surface area contributed by atoms with Crippen LogP contribution in [0.1, 0.15) is 39.0 Å². The molecule has 0 bridgehead atoms. The van der Waals surface area contributed by atoms with Gasteiger partial charge in [0.25, 0.3) is 5.91 Å². The number of ether oxygens (including phenoxy) is 2. The number of carbonyl (C=O) groups excluding carboxylic acids is 2. The Morgan fingerprint density at radius 1 is 1.02 bits per heavy atom. The molecule has 1 saturated heterocycles. The highest BCUT2D eigenvalue weighted by atomic mass is 32.2. The first kappa shape index (κ1) is 32.9. The van der Waals surface area contributed by atoms with Gasteiger partial charge in [0.15, 0.2) is 9.84 Å². The van der Waals surface area contributed by atoms with Crippen LogP contribution in [0.4, 0.5) is 16.2 Å². The molecule has 3 aromatic carbocycles. The zero-order chi connectivity index (χ0) is 35.3. The molecule has 0 aliphatic carbocycles. The molecule has 4 N–H and O–H groups in total. The molecule has 2 aliphatic rings. The van der Waals surface area contributed by atoms with Crippen LogP contribution in [-0.2, 0) is 16.9 Å². The molecule has 3 amide bonds. The summed E-state index contributed by atoms with van der Waals surface area (Å²) >= 11 is 0. The van der Waals surface area contributed by atoms with Gasteiger partial charge in [-0.2, -0.15) is 5.10 Å². The fraction of sp³-hybridized carbons (Fsp3) is 0.250. The van der Waals surface area contributed by atoms with Crippen molar-refractivity contribution >= 4 is 50.1 Å². The number of fused-ring (bicyclic) bond motifs is 2. The molecular formula is C36H36N6O7S. The predicted octanol–water partition coefficient (Wildman–Crippen LogP) is 5.18. The Morgan fingerprint density at radius 2 is 1.72 bits per heavy atom. The molecule has 2 aromatic heterocycles. The van der Waals surface area contributed by atoms with Crippen molar-refractivity contribution in [1.29, 1.82) is 0 Å². The summed E-state index contributed by atoms with van der Waals surface area (Å²) in [6, 6.07) is 16.7. The number of aliphatic hydroxyl groups excluding tert-OH is 1. The van der Waals surface area contributed by atoms with E-state index in [1.807, 2.05) is 49.9 Å². The first-order valence-electron chi connectivity index (χ1n) is 16.0. The highest BCUT2D eigenvalue weighted by Gasteiger charge is 2.30. The standard InChI is InChI=1S/C36H36N6O7S/c1-20-32(21(2)41(3)40-20)33-27(26-18-25(48-4)10-11-29(26)39-33)19-31-34(43)28-17-24(9-12-30(28)49-31)38-36(45)37-23-7-5-22(6-8-23)35(44)42-13-15-50(46,47)16-14-42/h5-12,17-19,34,39,43H,13-16H2,1-4H3,(H2,37,38,45)/b31-19-. The van der Waals surface area contributed by atoms with Crippen molar-refractivity contribution in [2.45, 2.75) is 20.0 Å². The average molecular weight is 697 g/mol. The van der Waals surface area contributed by atoms with Crippen LogP contribution in [0, 0.1) is 13.8 Å². The molecule has 0 saturated carbocycles. The fourth-order valence-corrected chi connectivity index (χ4v) is 7.61. The molecule has 7 rings (SSSR count). The highest BCUT2D eigenvalue weighted by Crippen LogP contribution is 2.44. The normalized spacial score (nSPS) is 17.4. The van der Waals surface area contributed by atoms with E-state index in [9.17, 15) is 23.1 Å². The van der Waals surface area contributed by atoms with Crippen molar-refractivity contribution in [1.82, 2.24) is 19.7 Å². The number of rotatable bonds is 6. The molecule has 0 spiro atoms. The zero-order valence-electron chi connectivity index (χ0n) is 27.9. The molecule has 258 valence electrons. The van der Waals surface area contributed by atoms with Crippen molar-refractivity contribution in [2.24, 2.45) is 7.05 Å². The molecule has 1 fully saturated rings. The minimum absolute atomic E-state index is 0.0473. The second-order valence-electron chi connectivity index (χ2n) is 12.4. The summed E-state index contributed by atoms with van der Waals surface area (Å²) in [7, 11) is 0.412. The van der Waals surface area contributed by atoms with E-state index in [0.29, 0.717) is 39.8 Å². The second-order valence-corrected chi connectivity index (χ2v) is 14.7. The monoisotopic (exact) mass is 696 g/mol. The summed E-state index contributed by atoms with van der Waals surface area (Å²) in [4.78, 5) is 30.7. The summed E-state index contributed by atoms with van der Waals surface area (Å²) in [6.07, 6.45) is 0.727. The molecule has 1 unspecified atom stereocenters. The number of aromatic nitrogens is 3. The third-order valence-corrected chi connectivity index (χ3v) is 10.8. The number of carbonyl (C=O) groups is 2. The Bertz CT molecular complexity index is 2290. The van der Waals surface area contributed by atoms with Gasteiger partial charge in [0, 0.05) is 70.4 Å². The van der Waals surface area contributed by atoms with Crippen LogP contribution in [0.2, 0.25) is 0 Å². The Morgan fingerprint density at radius 3 is 2.40 bits per heavy atom. The predicted molar refractivity (Wildman–Crippen MR) is 190 cm³/mol. The van der Waals surface area contributed by atoms with Crippen LogP contribution >= 0.6 is 0 Å². The summed E-state index contributed by atoms with van der Waals surface area (Å²) in [5, 5.41) is 22.5. The summed E-state index contributed by atoms with van der Waals surface area (Å²) in [5.74, 6) is 1.13. The van der Waals surface area contributed by atoms with Crippen LogP contribution in [0.5, 0.6) is 11.5 Å². The van der Waals surface area contributed by atoms with E-state index in [4.69, 9.17) is 9.47 Å². The van der Waals surface area contributed by atoms with Crippen LogP contribution in [-0.4, -0.2) is 76.8 Å². The van der Waals surface area contributed by atoms with Crippen molar-refractivity contribution in [3.63, 3.8) is 0 Å². The smallest absolute Gasteiger partial charge is 0.323 e. The Hall–Kier alpha value is -5.60. The maximum Gasteiger partial charge on any atom is 0.323 e. The molecule has 13 nitrogen and oxygen atoms in total. The van der Waals surface area contributed by atoms with Gasteiger partial charge in [-0.3, -0.25) is 9.48 Å². The number of aliphatic hydroxyl groups is 1. The van der Waals surface area contributed by atoms with Crippen molar-refractivity contribution in [3.8, 4) is 22.8 Å². The maximum atomic E-state index is 12.9. The zero-order valence-corrected chi connectivity index (χ0v) is 28.7. The topological polar surface area (TPSA) is 168 Å². The van der Waals surface area contributed by atoms with E-state index < -0.39 is 22.0 Å². The molecule has 1 atom stereocenters. The van der Waals surface area contributed by atoms with E-state index in [2.05, 4.69) is 20.7 Å². The number of aromatic amines is 1. The number of benzene rings is 3. The summed E-state index contributed by atoms with van der Waals surface area (Å²) in [5.41, 5.74) is 7.13. The SMILES string of the molecule is COc1ccc2[nH]c(-c3c(C)nn(C)c3C)c(/C=C3\Oc4ccc(NC(=O)Nc5ccc(C(=O)N6CCS(=O)(=O)CC6)cc5)cc4C3O)c2c1. The number of H-pyrrole nitrogens is 1. The van der Waals surface area contributed by atoms with Gasteiger partial charge in [-0.25, -0.2) is 13.2 Å². The molecule has 5 aromatic rings. The first-order valence-corrected chi connectivity index (χ1v) is 17.8. The van der Waals surface area contributed by atoms with E-state index in [0.717, 1.165) is 39.1 Å². The van der Waals surface area contributed by atoms with Gasteiger partial charge in [-0.15, -0.1) is 0 Å². The number of anilines is 2. The Balaban J connectivity index is 1.08. The van der Waals surface area contributed by atoms with E-state index >= 15 is 0 Å². The number of amides is 3. The lowest BCUT2D eigenvalue weighted by atomic mass is 10.0. The number of hydrogen-bond acceptors (Lipinski definition) is 8. The number of nitrogens with one attached hydrogen (secondary N) is 3. The molecule has 50 heavy (non-hydrogen) atoms. The summed E-state index contributed by atoms with van der Waals surface area (Å²) < 4.78 is 36.9. The van der Waals surface area contributed by atoms with Crippen molar-refractivity contribution in [3.05, 3.63) is 94.5 Å². The van der Waals surface area contributed by atoms with Gasteiger partial charge in [-0.05, 0) is 80.6 Å². The van der Waals surface area contributed by atoms with Crippen LogP contribution < -0.4 is 20.1 Å². The van der Waals surface area contributed by atoms with Crippen LogP contribution in [0.15, 0.2) is 66.4 Å². The number of urea groups is 1. The van der Waals surface area contributed by atoms with Crippen LogP contribution in [0.3, 0.4) is 0 Å². The van der Waals surface area contributed by atoms with E-state index in [1.165, 1.54) is 4.90 Å². The van der Waals surface area contributed by atoms with Crippen molar-refractivity contribution < 1.29 is 32.6 Å². The van der Waals surface area contributed by atoms with Gasteiger partial charge in [0.1, 0.15) is 23.4 Å². The number of hydrogen-bond donors (Lipinski definition) is 4. The molecule has 4 heterocycles. The van der Waals surface area contributed by atoms with Gasteiger partial charge in [0.05, 0.1) is 30.0 Å². The lowest BCUT2D eigenvalue weighted by molar-refractivity contribution is 0.0770. The van der Waals surface area contributed by atoms with Crippen LogP contribution in [0.25, 0.3) is 28.2 Å². The summed E-state index contributed by atoms with van der Waals surface area (Å²) in [6.45, 7) is 4.28. The number of methoxy groups -OCH3 is 1. The highest BCUT2D eigenvalue weighted by molar-refractivity contribution is 7.91. The number of nitrogens with zero attached hydrogens (tertiary/aromatic N) is 3. The molecular weight excluding hydrogens is 660 g/mol. The van der Waals surface area contributed by atoms with Gasteiger partial charge >= 0.3 is 6.03 Å². The maximum absolute atomic E-state index is 12.9. The Labute approximate surface area is 288 Å². The minimum Gasteiger partial charge on any atom is -0.497 e. The van der Waals surface area contributed by atoms with Gasteiger partial charge in [-0.1, -0.05) is 0 Å². The molecule has 0 radical (unpaired) electrons. The van der Waals surface area contributed by atoms with Crippen molar-refractivity contribution in [2.75, 3.05) is 42.3 Å². The van der Waals surface area contributed by atoms with Gasteiger partial charge < -0.3 is 35.1 Å². The second kappa shape index (κ2) is 12.7. The van der Waals surface area contributed by atoms with E-state index in [-0.39, 0.29) is 30.5 Å². The lowest BCUT2D eigenvalue weighted by Crippen LogP contribution is -2.43. The molecule has 14 heteroatoms. The fourth-order valence-electron chi connectivity index (χ4n) is 6.41. The lowest BCUT2D eigenvalue weighted by Gasteiger charge is -2.26. The third-order valence-electron chi connectivity index (χ3n) is 9.17.